The van der Waals surface area contributed by atoms with E-state index in [1.54, 1.807) is 6.20 Å². The Bertz CT molecular complexity index is 685. The molecule has 2 N–H and O–H groups in total. The van der Waals surface area contributed by atoms with Gasteiger partial charge in [-0.3, -0.25) is 5.10 Å². The van der Waals surface area contributed by atoms with Gasteiger partial charge < -0.3 is 5.32 Å². The van der Waals surface area contributed by atoms with Crippen molar-refractivity contribution < 1.29 is 0 Å². The average molecular weight is 277 g/mol. The highest BCUT2D eigenvalue weighted by atomic mass is 15.1. The van der Waals surface area contributed by atoms with Gasteiger partial charge in [0.15, 0.2) is 0 Å². The molecular weight excluding hydrogens is 258 g/mol. The SMILES string of the molecule is CCc1ccc(CNc2cccc(-c3ccn[nH]3)c2)cc1. The molecule has 0 saturated heterocycles. The number of aromatic nitrogens is 2. The largest absolute Gasteiger partial charge is 0.381 e. The Morgan fingerprint density at radius 2 is 1.81 bits per heavy atom. The van der Waals surface area contributed by atoms with Crippen LogP contribution in [0.2, 0.25) is 0 Å². The number of rotatable bonds is 5. The Morgan fingerprint density at radius 1 is 1.00 bits per heavy atom. The molecule has 0 aliphatic rings. The lowest BCUT2D eigenvalue weighted by Gasteiger charge is -2.08. The van der Waals surface area contributed by atoms with Crippen LogP contribution in [0.4, 0.5) is 5.69 Å². The van der Waals surface area contributed by atoms with E-state index in [1.165, 1.54) is 11.1 Å². The van der Waals surface area contributed by atoms with Crippen LogP contribution < -0.4 is 5.32 Å². The van der Waals surface area contributed by atoms with Gasteiger partial charge in [0.2, 0.25) is 0 Å². The molecule has 1 heterocycles. The molecule has 0 saturated carbocycles. The van der Waals surface area contributed by atoms with Crippen molar-refractivity contribution >= 4 is 5.69 Å². The molecule has 3 heteroatoms. The van der Waals surface area contributed by atoms with E-state index in [1.807, 2.05) is 6.07 Å². The number of aromatic amines is 1. The summed E-state index contributed by atoms with van der Waals surface area (Å²) in [5.74, 6) is 0. The molecule has 0 atom stereocenters. The summed E-state index contributed by atoms with van der Waals surface area (Å²) in [5, 5.41) is 10.4. The Morgan fingerprint density at radius 3 is 2.52 bits per heavy atom. The van der Waals surface area contributed by atoms with Crippen molar-refractivity contribution in [3.8, 4) is 11.3 Å². The predicted octanol–water partition coefficient (Wildman–Crippen LogP) is 4.25. The van der Waals surface area contributed by atoms with E-state index < -0.39 is 0 Å². The molecule has 0 bridgehead atoms. The third-order valence-corrected chi connectivity index (χ3v) is 3.60. The second kappa shape index (κ2) is 6.27. The van der Waals surface area contributed by atoms with Gasteiger partial charge >= 0.3 is 0 Å². The van der Waals surface area contributed by atoms with Crippen molar-refractivity contribution in [3.63, 3.8) is 0 Å². The first-order valence-electron chi connectivity index (χ1n) is 7.26. The maximum atomic E-state index is 3.99. The van der Waals surface area contributed by atoms with Crippen molar-refractivity contribution in [2.45, 2.75) is 19.9 Å². The van der Waals surface area contributed by atoms with Gasteiger partial charge in [-0.05, 0) is 35.7 Å². The average Bonchev–Trinajstić information content (AvgIpc) is 3.08. The molecule has 3 rings (SSSR count). The fraction of sp³-hybridized carbons (Fsp3) is 0.167. The first-order valence-corrected chi connectivity index (χ1v) is 7.26. The Labute approximate surface area is 125 Å². The van der Waals surface area contributed by atoms with Crippen LogP contribution in [0.1, 0.15) is 18.1 Å². The van der Waals surface area contributed by atoms with Crippen molar-refractivity contribution in [2.24, 2.45) is 0 Å². The molecule has 2 aromatic carbocycles. The molecule has 3 aromatic rings. The van der Waals surface area contributed by atoms with Crippen molar-refractivity contribution in [2.75, 3.05) is 5.32 Å². The molecule has 21 heavy (non-hydrogen) atoms. The first-order chi connectivity index (χ1) is 10.3. The smallest absolute Gasteiger partial charge is 0.0650 e. The fourth-order valence-corrected chi connectivity index (χ4v) is 2.31. The lowest BCUT2D eigenvalue weighted by atomic mass is 10.1. The maximum Gasteiger partial charge on any atom is 0.0650 e. The number of anilines is 1. The van der Waals surface area contributed by atoms with Crippen LogP contribution >= 0.6 is 0 Å². The first kappa shape index (κ1) is 13.4. The molecule has 0 radical (unpaired) electrons. The van der Waals surface area contributed by atoms with Gasteiger partial charge in [0.1, 0.15) is 0 Å². The van der Waals surface area contributed by atoms with E-state index in [-0.39, 0.29) is 0 Å². The number of nitrogens with zero attached hydrogens (tertiary/aromatic N) is 1. The van der Waals surface area contributed by atoms with Crippen LogP contribution in [0.25, 0.3) is 11.3 Å². The summed E-state index contributed by atoms with van der Waals surface area (Å²) in [7, 11) is 0. The van der Waals surface area contributed by atoms with Gasteiger partial charge in [-0.25, -0.2) is 0 Å². The van der Waals surface area contributed by atoms with Gasteiger partial charge in [-0.15, -0.1) is 0 Å². The molecule has 0 unspecified atom stereocenters. The van der Waals surface area contributed by atoms with Crippen LogP contribution in [-0.2, 0) is 13.0 Å². The predicted molar refractivity (Wildman–Crippen MR) is 87.2 cm³/mol. The van der Waals surface area contributed by atoms with E-state index in [0.717, 1.165) is 29.9 Å². The minimum Gasteiger partial charge on any atom is -0.381 e. The summed E-state index contributed by atoms with van der Waals surface area (Å²) in [5.41, 5.74) is 5.95. The fourth-order valence-electron chi connectivity index (χ4n) is 2.31. The van der Waals surface area contributed by atoms with Gasteiger partial charge in [0.05, 0.1) is 5.69 Å². The van der Waals surface area contributed by atoms with Gasteiger partial charge in [-0.2, -0.15) is 5.10 Å². The van der Waals surface area contributed by atoms with E-state index in [9.17, 15) is 0 Å². The van der Waals surface area contributed by atoms with Crippen molar-refractivity contribution in [1.82, 2.24) is 10.2 Å². The minimum atomic E-state index is 0.830. The Kier molecular flexibility index (Phi) is 4.01. The van der Waals surface area contributed by atoms with Gasteiger partial charge in [0, 0.05) is 24.0 Å². The number of aryl methyl sites for hydroxylation is 1. The number of nitrogens with one attached hydrogen (secondary N) is 2. The van der Waals surface area contributed by atoms with E-state index in [2.05, 4.69) is 71.0 Å². The third kappa shape index (κ3) is 3.31. The summed E-state index contributed by atoms with van der Waals surface area (Å²) < 4.78 is 0. The number of hydrogen-bond donors (Lipinski definition) is 2. The molecule has 0 aliphatic heterocycles. The molecule has 0 aliphatic carbocycles. The van der Waals surface area contributed by atoms with Crippen LogP contribution in [0.3, 0.4) is 0 Å². The number of benzene rings is 2. The summed E-state index contributed by atoms with van der Waals surface area (Å²) in [6, 6.07) is 19.1. The Balaban J connectivity index is 1.68. The standard InChI is InChI=1S/C18H19N3/c1-2-14-6-8-15(9-7-14)13-19-17-5-3-4-16(12-17)18-10-11-20-21-18/h3-12,19H,2,13H2,1H3,(H,20,21). The van der Waals surface area contributed by atoms with E-state index >= 15 is 0 Å². The van der Waals surface area contributed by atoms with Crippen LogP contribution in [0.5, 0.6) is 0 Å². The highest BCUT2D eigenvalue weighted by Gasteiger charge is 2.00. The summed E-state index contributed by atoms with van der Waals surface area (Å²) in [4.78, 5) is 0. The van der Waals surface area contributed by atoms with Gasteiger partial charge in [0.25, 0.3) is 0 Å². The number of H-pyrrole nitrogens is 1. The van der Waals surface area contributed by atoms with Crippen LogP contribution in [0.15, 0.2) is 60.8 Å². The summed E-state index contributed by atoms with van der Waals surface area (Å²) >= 11 is 0. The second-order valence-electron chi connectivity index (χ2n) is 5.07. The molecule has 0 amide bonds. The monoisotopic (exact) mass is 277 g/mol. The molecule has 106 valence electrons. The molecule has 3 nitrogen and oxygen atoms in total. The highest BCUT2D eigenvalue weighted by molar-refractivity contribution is 5.64. The zero-order chi connectivity index (χ0) is 14.5. The minimum absolute atomic E-state index is 0.830. The summed E-state index contributed by atoms with van der Waals surface area (Å²) in [6.07, 6.45) is 2.85. The van der Waals surface area contributed by atoms with Crippen molar-refractivity contribution in [1.29, 1.82) is 0 Å². The topological polar surface area (TPSA) is 40.7 Å². The lowest BCUT2D eigenvalue weighted by Crippen LogP contribution is -1.99. The quantitative estimate of drug-likeness (QED) is 0.732. The highest BCUT2D eigenvalue weighted by Crippen LogP contribution is 2.20. The van der Waals surface area contributed by atoms with E-state index in [4.69, 9.17) is 0 Å². The molecular formula is C18H19N3. The van der Waals surface area contributed by atoms with Crippen molar-refractivity contribution in [3.05, 3.63) is 71.9 Å². The van der Waals surface area contributed by atoms with Gasteiger partial charge in [-0.1, -0.05) is 43.3 Å². The molecule has 1 aromatic heterocycles. The zero-order valence-corrected chi connectivity index (χ0v) is 12.1. The number of hydrogen-bond acceptors (Lipinski definition) is 2. The van der Waals surface area contributed by atoms with Crippen LogP contribution in [0, 0.1) is 0 Å². The maximum absolute atomic E-state index is 3.99. The lowest BCUT2D eigenvalue weighted by molar-refractivity contribution is 1.09. The summed E-state index contributed by atoms with van der Waals surface area (Å²) in [6.45, 7) is 3.00. The molecule has 0 spiro atoms. The van der Waals surface area contributed by atoms with E-state index in [0.29, 0.717) is 0 Å². The third-order valence-electron chi connectivity index (χ3n) is 3.60. The zero-order valence-electron chi connectivity index (χ0n) is 12.1. The molecule has 0 fully saturated rings. The second-order valence-corrected chi connectivity index (χ2v) is 5.07. The normalized spacial score (nSPS) is 10.5. The Hall–Kier alpha value is -2.55. The van der Waals surface area contributed by atoms with Crippen LogP contribution in [-0.4, -0.2) is 10.2 Å².